The molecule has 0 aromatic rings. The molecule has 2 rings (SSSR count). The third kappa shape index (κ3) is 1.77. The van der Waals surface area contributed by atoms with Crippen molar-refractivity contribution in [2.75, 3.05) is 33.2 Å². The summed E-state index contributed by atoms with van der Waals surface area (Å²) in [5.74, 6) is 1.75. The van der Waals surface area contributed by atoms with Gasteiger partial charge in [-0.1, -0.05) is 0 Å². The van der Waals surface area contributed by atoms with Gasteiger partial charge in [-0.2, -0.15) is 5.43 Å². The van der Waals surface area contributed by atoms with E-state index in [0.29, 0.717) is 5.11 Å². The van der Waals surface area contributed by atoms with Gasteiger partial charge in [0.2, 0.25) is 6.20 Å². The van der Waals surface area contributed by atoms with Crippen molar-refractivity contribution in [1.29, 1.82) is 0 Å². The Bertz CT molecular complexity index is 371. The topological polar surface area (TPSA) is 60.3 Å². The van der Waals surface area contributed by atoms with Gasteiger partial charge in [0.05, 0.1) is 18.3 Å². The van der Waals surface area contributed by atoms with Crippen LogP contribution in [0.5, 0.6) is 0 Å². The van der Waals surface area contributed by atoms with Gasteiger partial charge in [-0.25, -0.2) is 4.79 Å². The van der Waals surface area contributed by atoms with Crippen LogP contribution < -0.4 is 5.43 Å². The van der Waals surface area contributed by atoms with Gasteiger partial charge in [-0.3, -0.25) is 0 Å². The van der Waals surface area contributed by atoms with Gasteiger partial charge >= 0.3 is 5.11 Å². The standard InChI is InChI=1S/C8H12N6OS/c1-12-2-4-13(5-3-12)14(6-7-15)8(16)9-10-11-14/h6H,2-5H2,1H3/p+1. The highest BCUT2D eigenvalue weighted by molar-refractivity contribution is 7.79. The van der Waals surface area contributed by atoms with Crippen LogP contribution in [0, 0.1) is 0 Å². The quantitative estimate of drug-likeness (QED) is 0.400. The van der Waals surface area contributed by atoms with Crippen LogP contribution >= 0.6 is 12.2 Å². The van der Waals surface area contributed by atoms with E-state index in [2.05, 4.69) is 27.8 Å². The van der Waals surface area contributed by atoms with E-state index in [0.717, 1.165) is 26.2 Å². The normalized spacial score (nSPS) is 31.2. The molecule has 1 fully saturated rings. The Morgan fingerprint density at radius 2 is 2.19 bits per heavy atom. The Hall–Kier alpha value is -1.18. The number of carbonyl (C=O) groups excluding carboxylic acids is 1. The van der Waals surface area contributed by atoms with Crippen molar-refractivity contribution < 1.29 is 9.50 Å². The van der Waals surface area contributed by atoms with E-state index < -0.39 is 0 Å². The zero-order valence-corrected chi connectivity index (χ0v) is 9.77. The number of nitrogens with zero attached hydrogens (tertiary/aromatic N) is 5. The summed E-state index contributed by atoms with van der Waals surface area (Å²) < 4.78 is -0.174. The molecule has 0 radical (unpaired) electrons. The average Bonchev–Trinajstić information content (AvgIpc) is 2.63. The monoisotopic (exact) mass is 241 g/mol. The van der Waals surface area contributed by atoms with Gasteiger partial charge in [0, 0.05) is 25.3 Å². The van der Waals surface area contributed by atoms with Crippen LogP contribution in [-0.2, 0) is 4.79 Å². The minimum atomic E-state index is -0.174. The molecule has 2 heterocycles. The molecule has 1 atom stereocenters. The molecule has 0 aromatic heterocycles. The fraction of sp³-hybridized carbons (Fsp3) is 0.625. The number of quaternary nitrogens is 1. The van der Waals surface area contributed by atoms with E-state index in [1.807, 2.05) is 5.01 Å². The van der Waals surface area contributed by atoms with Crippen molar-refractivity contribution in [1.82, 2.24) is 15.3 Å². The van der Waals surface area contributed by atoms with E-state index >= 15 is 0 Å². The maximum atomic E-state index is 10.6. The molecule has 0 aromatic carbocycles. The summed E-state index contributed by atoms with van der Waals surface area (Å²) >= 11 is 5.14. The van der Waals surface area contributed by atoms with Crippen molar-refractivity contribution >= 4 is 23.3 Å². The molecule has 16 heavy (non-hydrogen) atoms. The lowest BCUT2D eigenvalue weighted by Crippen LogP contribution is -2.61. The number of hydrogen-bond donors (Lipinski definition) is 1. The summed E-state index contributed by atoms with van der Waals surface area (Å²) in [6.07, 6.45) is 1.27. The molecule has 1 N–H and O–H groups in total. The molecule has 1 unspecified atom stereocenters. The second-order valence-corrected chi connectivity index (χ2v) is 4.15. The maximum Gasteiger partial charge on any atom is 0.346 e. The Kier molecular flexibility index (Phi) is 3.08. The molecule has 86 valence electrons. The highest BCUT2D eigenvalue weighted by Crippen LogP contribution is 2.21. The molecule has 2 aliphatic heterocycles. The molecule has 0 bridgehead atoms. The molecule has 8 heteroatoms. The van der Waals surface area contributed by atoms with Crippen LogP contribution in [0.25, 0.3) is 0 Å². The third-order valence-electron chi connectivity index (χ3n) is 2.77. The van der Waals surface area contributed by atoms with Crippen molar-refractivity contribution in [2.45, 2.75) is 0 Å². The van der Waals surface area contributed by atoms with Gasteiger partial charge in [0.1, 0.15) is 0 Å². The SMILES string of the molecule is CN1CCN([N+]2(C=C=O)N=NNC2=S)CC1. The van der Waals surface area contributed by atoms with Crippen LogP contribution in [0.3, 0.4) is 0 Å². The largest absolute Gasteiger partial charge is 0.346 e. The molecule has 0 aliphatic carbocycles. The van der Waals surface area contributed by atoms with Crippen LogP contribution in [0.15, 0.2) is 16.6 Å². The molecular weight excluding hydrogens is 228 g/mol. The van der Waals surface area contributed by atoms with Crippen LogP contribution in [0.2, 0.25) is 0 Å². The van der Waals surface area contributed by atoms with Crippen molar-refractivity contribution in [3.8, 4) is 0 Å². The first-order valence-corrected chi connectivity index (χ1v) is 5.37. The Morgan fingerprint density at radius 3 is 2.69 bits per heavy atom. The second kappa shape index (κ2) is 4.36. The summed E-state index contributed by atoms with van der Waals surface area (Å²) in [6.45, 7) is 3.36. The lowest BCUT2D eigenvalue weighted by molar-refractivity contribution is -0.919. The van der Waals surface area contributed by atoms with E-state index in [4.69, 9.17) is 12.2 Å². The first kappa shape index (κ1) is 11.3. The minimum absolute atomic E-state index is 0.174. The summed E-state index contributed by atoms with van der Waals surface area (Å²) in [6, 6.07) is 0. The van der Waals surface area contributed by atoms with Crippen molar-refractivity contribution in [2.24, 2.45) is 10.4 Å². The van der Waals surface area contributed by atoms with Crippen molar-refractivity contribution in [3.05, 3.63) is 6.20 Å². The molecule has 2 aliphatic rings. The lowest BCUT2D eigenvalue weighted by atomic mass is 10.4. The summed E-state index contributed by atoms with van der Waals surface area (Å²) in [7, 11) is 2.05. The molecule has 0 spiro atoms. The number of thiocarbonyl (C=S) groups is 1. The molecule has 0 saturated carbocycles. The first-order valence-electron chi connectivity index (χ1n) is 4.96. The summed E-state index contributed by atoms with van der Waals surface area (Å²) in [5, 5.41) is 10.0. The summed E-state index contributed by atoms with van der Waals surface area (Å²) in [4.78, 5) is 12.8. The van der Waals surface area contributed by atoms with Gasteiger partial charge in [0.25, 0.3) is 0 Å². The number of rotatable bonds is 2. The molecule has 0 amide bonds. The first-order chi connectivity index (χ1) is 7.69. The smallest absolute Gasteiger partial charge is 0.303 e. The molecular formula is C8H13N6OS+. The number of hydrogen-bond acceptors (Lipinski definition) is 6. The predicted octanol–water partition coefficient (Wildman–Crippen LogP) is -0.519. The second-order valence-electron chi connectivity index (χ2n) is 3.76. The Morgan fingerprint density at radius 1 is 1.50 bits per heavy atom. The maximum absolute atomic E-state index is 10.6. The highest BCUT2D eigenvalue weighted by atomic mass is 32.1. The van der Waals surface area contributed by atoms with Gasteiger partial charge in [0.15, 0.2) is 5.94 Å². The number of nitrogens with one attached hydrogen (secondary N) is 1. The zero-order chi connectivity index (χ0) is 11.6. The Balaban J connectivity index is 2.23. The van der Waals surface area contributed by atoms with Gasteiger partial charge in [-0.15, -0.1) is 5.01 Å². The van der Waals surface area contributed by atoms with E-state index in [1.54, 1.807) is 5.94 Å². The van der Waals surface area contributed by atoms with E-state index in [1.165, 1.54) is 6.20 Å². The van der Waals surface area contributed by atoms with Crippen LogP contribution in [0.4, 0.5) is 0 Å². The highest BCUT2D eigenvalue weighted by Gasteiger charge is 2.46. The van der Waals surface area contributed by atoms with Crippen LogP contribution in [0.1, 0.15) is 0 Å². The number of piperazine rings is 1. The average molecular weight is 241 g/mol. The zero-order valence-electron chi connectivity index (χ0n) is 8.96. The summed E-state index contributed by atoms with van der Waals surface area (Å²) in [5.41, 5.74) is 2.60. The Labute approximate surface area is 98.5 Å². The van der Waals surface area contributed by atoms with Crippen molar-refractivity contribution in [3.63, 3.8) is 0 Å². The molecule has 7 nitrogen and oxygen atoms in total. The predicted molar refractivity (Wildman–Crippen MR) is 60.2 cm³/mol. The van der Waals surface area contributed by atoms with Gasteiger partial charge in [-0.05, 0) is 17.0 Å². The van der Waals surface area contributed by atoms with E-state index in [9.17, 15) is 4.79 Å². The fourth-order valence-electron chi connectivity index (χ4n) is 1.77. The number of likely N-dealkylation sites (N-methyl/N-ethyl adjacent to an activating group) is 1. The van der Waals surface area contributed by atoms with Crippen LogP contribution in [-0.4, -0.2) is 58.9 Å². The minimum Gasteiger partial charge on any atom is -0.303 e. The third-order valence-corrected chi connectivity index (χ3v) is 3.13. The van der Waals surface area contributed by atoms with E-state index in [-0.39, 0.29) is 4.70 Å². The van der Waals surface area contributed by atoms with Gasteiger partial charge < -0.3 is 4.90 Å². The lowest BCUT2D eigenvalue weighted by Gasteiger charge is -2.36. The molecule has 1 saturated heterocycles. The fourth-order valence-corrected chi connectivity index (χ4v) is 2.02.